The molecule has 100 valence electrons. The van der Waals surface area contributed by atoms with Crippen LogP contribution in [0.5, 0.6) is 0 Å². The van der Waals surface area contributed by atoms with Crippen molar-refractivity contribution in [3.05, 3.63) is 34.9 Å². The Kier molecular flexibility index (Phi) is 6.37. The van der Waals surface area contributed by atoms with Gasteiger partial charge in [-0.25, -0.2) is 0 Å². The van der Waals surface area contributed by atoms with Crippen LogP contribution >= 0.6 is 11.6 Å². The van der Waals surface area contributed by atoms with Gasteiger partial charge < -0.3 is 0 Å². The van der Waals surface area contributed by atoms with Crippen molar-refractivity contribution in [3.8, 4) is 0 Å². The fourth-order valence-corrected chi connectivity index (χ4v) is 1.99. The number of hydrogen-bond donors (Lipinski definition) is 0. The zero-order valence-corrected chi connectivity index (χ0v) is 12.2. The number of likely N-dealkylation sites (N-methyl/N-ethyl adjacent to an activating group) is 1. The second kappa shape index (κ2) is 7.55. The molecular formula is C15H22ClNO. The number of Topliss-reactive ketones (excluding diaryl/α,β-unsaturated/α-hetero) is 1. The van der Waals surface area contributed by atoms with E-state index >= 15 is 0 Å². The number of halogens is 1. The molecule has 0 saturated carbocycles. The van der Waals surface area contributed by atoms with Crippen LogP contribution in [0.2, 0.25) is 5.02 Å². The smallest absolute Gasteiger partial charge is 0.179 e. The Morgan fingerprint density at radius 2 is 1.89 bits per heavy atom. The van der Waals surface area contributed by atoms with Gasteiger partial charge in [-0.2, -0.15) is 0 Å². The van der Waals surface area contributed by atoms with E-state index in [1.54, 1.807) is 24.3 Å². The number of carbonyl (C=O) groups excluding carboxylic acids is 1. The van der Waals surface area contributed by atoms with E-state index in [1.807, 2.05) is 14.0 Å². The highest BCUT2D eigenvalue weighted by atomic mass is 35.5. The molecule has 0 bridgehead atoms. The summed E-state index contributed by atoms with van der Waals surface area (Å²) in [4.78, 5) is 14.4. The average molecular weight is 268 g/mol. The maximum Gasteiger partial charge on any atom is 0.179 e. The van der Waals surface area contributed by atoms with Gasteiger partial charge in [-0.1, -0.05) is 31.4 Å². The molecule has 3 heteroatoms. The molecule has 1 atom stereocenters. The van der Waals surface area contributed by atoms with Crippen LogP contribution in [0.4, 0.5) is 0 Å². The summed E-state index contributed by atoms with van der Waals surface area (Å²) in [6.45, 7) is 5.11. The van der Waals surface area contributed by atoms with Crippen molar-refractivity contribution >= 4 is 17.4 Å². The van der Waals surface area contributed by atoms with Gasteiger partial charge in [0, 0.05) is 10.6 Å². The zero-order chi connectivity index (χ0) is 13.5. The van der Waals surface area contributed by atoms with E-state index in [0.717, 1.165) is 18.5 Å². The molecule has 1 aromatic carbocycles. The van der Waals surface area contributed by atoms with E-state index in [4.69, 9.17) is 11.6 Å². The van der Waals surface area contributed by atoms with Crippen molar-refractivity contribution in [1.29, 1.82) is 0 Å². The highest BCUT2D eigenvalue weighted by Crippen LogP contribution is 2.13. The summed E-state index contributed by atoms with van der Waals surface area (Å²) >= 11 is 5.82. The van der Waals surface area contributed by atoms with Crippen molar-refractivity contribution in [2.75, 3.05) is 13.6 Å². The lowest BCUT2D eigenvalue weighted by Crippen LogP contribution is -2.36. The summed E-state index contributed by atoms with van der Waals surface area (Å²) in [7, 11) is 2.01. The predicted octanol–water partition coefficient (Wildman–Crippen LogP) is 4.03. The van der Waals surface area contributed by atoms with Crippen LogP contribution in [0.1, 0.15) is 43.5 Å². The second-order valence-electron chi connectivity index (χ2n) is 4.73. The van der Waals surface area contributed by atoms with E-state index in [1.165, 1.54) is 12.8 Å². The Morgan fingerprint density at radius 3 is 2.44 bits per heavy atom. The third-order valence-electron chi connectivity index (χ3n) is 3.28. The number of rotatable bonds is 7. The van der Waals surface area contributed by atoms with E-state index in [0.29, 0.717) is 5.02 Å². The molecule has 18 heavy (non-hydrogen) atoms. The molecule has 0 fully saturated rings. The summed E-state index contributed by atoms with van der Waals surface area (Å²) in [6, 6.07) is 7.03. The topological polar surface area (TPSA) is 20.3 Å². The summed E-state index contributed by atoms with van der Waals surface area (Å²) in [6.07, 6.45) is 3.56. The average Bonchev–Trinajstić information content (AvgIpc) is 2.38. The lowest BCUT2D eigenvalue weighted by molar-refractivity contribution is 0.0867. The lowest BCUT2D eigenvalue weighted by atomic mass is 10.0. The minimum Gasteiger partial charge on any atom is -0.297 e. The molecule has 0 aliphatic heterocycles. The minimum absolute atomic E-state index is 0.0805. The monoisotopic (exact) mass is 267 g/mol. The first-order valence-electron chi connectivity index (χ1n) is 6.56. The first-order chi connectivity index (χ1) is 8.56. The molecule has 0 spiro atoms. The molecule has 0 amide bonds. The van der Waals surface area contributed by atoms with Crippen LogP contribution in [0.25, 0.3) is 0 Å². The first-order valence-corrected chi connectivity index (χ1v) is 6.94. The van der Waals surface area contributed by atoms with Gasteiger partial charge >= 0.3 is 0 Å². The first kappa shape index (κ1) is 15.2. The van der Waals surface area contributed by atoms with Gasteiger partial charge in [0.05, 0.1) is 6.04 Å². The van der Waals surface area contributed by atoms with Crippen LogP contribution in [-0.2, 0) is 0 Å². The van der Waals surface area contributed by atoms with Crippen LogP contribution in [0.15, 0.2) is 24.3 Å². The Labute approximate surface area is 115 Å². The number of benzene rings is 1. The quantitative estimate of drug-likeness (QED) is 0.549. The van der Waals surface area contributed by atoms with Crippen LogP contribution < -0.4 is 0 Å². The molecular weight excluding hydrogens is 246 g/mol. The fraction of sp³-hybridized carbons (Fsp3) is 0.533. The van der Waals surface area contributed by atoms with Gasteiger partial charge in [-0.3, -0.25) is 9.69 Å². The Bertz CT molecular complexity index is 375. The van der Waals surface area contributed by atoms with Crippen molar-refractivity contribution in [3.63, 3.8) is 0 Å². The summed E-state index contributed by atoms with van der Waals surface area (Å²) < 4.78 is 0. The lowest BCUT2D eigenvalue weighted by Gasteiger charge is -2.23. The number of ketones is 1. The maximum atomic E-state index is 12.2. The number of hydrogen-bond acceptors (Lipinski definition) is 2. The van der Waals surface area contributed by atoms with E-state index < -0.39 is 0 Å². The molecule has 0 saturated heterocycles. The van der Waals surface area contributed by atoms with Crippen molar-refractivity contribution in [2.45, 2.75) is 39.2 Å². The van der Waals surface area contributed by atoms with Crippen molar-refractivity contribution in [2.24, 2.45) is 0 Å². The SMILES string of the molecule is CCCCCN(C)C(C)C(=O)c1ccc(Cl)cc1. The van der Waals surface area contributed by atoms with E-state index in [2.05, 4.69) is 11.8 Å². The van der Waals surface area contributed by atoms with Gasteiger partial charge in [0.2, 0.25) is 0 Å². The molecule has 1 aromatic rings. The number of nitrogens with zero attached hydrogens (tertiary/aromatic N) is 1. The largest absolute Gasteiger partial charge is 0.297 e. The Balaban J connectivity index is 2.57. The summed E-state index contributed by atoms with van der Waals surface area (Å²) in [5, 5.41) is 0.663. The van der Waals surface area contributed by atoms with Gasteiger partial charge in [0.25, 0.3) is 0 Å². The molecule has 0 aliphatic carbocycles. The third-order valence-corrected chi connectivity index (χ3v) is 3.54. The maximum absolute atomic E-state index is 12.2. The molecule has 0 aliphatic rings. The molecule has 0 heterocycles. The molecule has 0 N–H and O–H groups in total. The van der Waals surface area contributed by atoms with Gasteiger partial charge in [-0.05, 0) is 51.2 Å². The van der Waals surface area contributed by atoms with Crippen LogP contribution in [0, 0.1) is 0 Å². The summed E-state index contributed by atoms with van der Waals surface area (Å²) in [5.74, 6) is 0.158. The zero-order valence-electron chi connectivity index (χ0n) is 11.4. The van der Waals surface area contributed by atoms with Crippen molar-refractivity contribution in [1.82, 2.24) is 4.90 Å². The van der Waals surface area contributed by atoms with Gasteiger partial charge in [0.15, 0.2) is 5.78 Å². The standard InChI is InChI=1S/C15H22ClNO/c1-4-5-6-11-17(3)12(2)15(18)13-7-9-14(16)10-8-13/h7-10,12H,4-6,11H2,1-3H3. The molecule has 0 radical (unpaired) electrons. The molecule has 1 rings (SSSR count). The fourth-order valence-electron chi connectivity index (χ4n) is 1.86. The molecule has 1 unspecified atom stereocenters. The number of carbonyl (C=O) groups is 1. The molecule has 0 aromatic heterocycles. The van der Waals surface area contributed by atoms with Gasteiger partial charge in [-0.15, -0.1) is 0 Å². The normalized spacial score (nSPS) is 12.7. The summed E-state index contributed by atoms with van der Waals surface area (Å²) in [5.41, 5.74) is 0.731. The van der Waals surface area contributed by atoms with E-state index in [9.17, 15) is 4.79 Å². The van der Waals surface area contributed by atoms with E-state index in [-0.39, 0.29) is 11.8 Å². The third kappa shape index (κ3) is 4.43. The highest BCUT2D eigenvalue weighted by Gasteiger charge is 2.18. The minimum atomic E-state index is -0.0805. The highest BCUT2D eigenvalue weighted by molar-refractivity contribution is 6.30. The number of unbranched alkanes of at least 4 members (excludes halogenated alkanes) is 2. The Hall–Kier alpha value is -0.860. The Morgan fingerprint density at radius 1 is 1.28 bits per heavy atom. The van der Waals surface area contributed by atoms with Crippen LogP contribution in [0.3, 0.4) is 0 Å². The predicted molar refractivity (Wildman–Crippen MR) is 77.4 cm³/mol. The second-order valence-corrected chi connectivity index (χ2v) is 5.17. The van der Waals surface area contributed by atoms with Gasteiger partial charge in [0.1, 0.15) is 0 Å². The molecule has 2 nitrogen and oxygen atoms in total. The van der Waals surface area contributed by atoms with Crippen LogP contribution in [-0.4, -0.2) is 30.3 Å². The van der Waals surface area contributed by atoms with Crippen molar-refractivity contribution < 1.29 is 4.79 Å².